The Morgan fingerprint density at radius 2 is 1.60 bits per heavy atom. The molecule has 10 unspecified atom stereocenters. The fourth-order valence-electron chi connectivity index (χ4n) is 7.33. The lowest BCUT2D eigenvalue weighted by Crippen LogP contribution is -2.57. The number of nitrogens with zero attached hydrogens (tertiary/aromatic N) is 3. The van der Waals surface area contributed by atoms with Gasteiger partial charge in [-0.25, -0.2) is 0 Å². The van der Waals surface area contributed by atoms with Crippen molar-refractivity contribution in [1.29, 1.82) is 0 Å². The lowest BCUT2D eigenvalue weighted by Gasteiger charge is -2.40. The molecule has 1 saturated heterocycles. The summed E-state index contributed by atoms with van der Waals surface area (Å²) < 4.78 is 11.8. The van der Waals surface area contributed by atoms with Gasteiger partial charge in [-0.3, -0.25) is 24.1 Å². The van der Waals surface area contributed by atoms with Crippen LogP contribution in [0.4, 0.5) is 0 Å². The van der Waals surface area contributed by atoms with Crippen molar-refractivity contribution in [3.8, 4) is 0 Å². The molecule has 10 atom stereocenters. The minimum atomic E-state index is -0.896. The summed E-state index contributed by atoms with van der Waals surface area (Å²) in [6.07, 6.45) is -1.06. The maximum Gasteiger partial charge on any atom is 0.242 e. The number of carbonyl (C=O) groups excluding carboxylic acids is 4. The quantitative estimate of drug-likeness (QED) is 0.169. The zero-order valence-corrected chi connectivity index (χ0v) is 32.1. The van der Waals surface area contributed by atoms with Gasteiger partial charge in [0, 0.05) is 21.3 Å². The maximum atomic E-state index is 14.1. The molecule has 13 heteroatoms. The van der Waals surface area contributed by atoms with Crippen molar-refractivity contribution in [3.63, 3.8) is 0 Å². The second-order valence-electron chi connectivity index (χ2n) is 14.4. The zero-order valence-electron chi connectivity index (χ0n) is 32.1. The fraction of sp³-hybridized carbons (Fsp3) is 0.730. The van der Waals surface area contributed by atoms with E-state index in [4.69, 9.17) is 15.2 Å². The molecule has 0 radical (unpaired) electrons. The van der Waals surface area contributed by atoms with Crippen LogP contribution in [-0.4, -0.2) is 128 Å². The standard InChI is InChI=1S/C37H64N6O7/c1-12-23(4)33(42(9)31(45)21-39-37(48)32(22(2)3)41(7)8)28(49-10)20-30(44)43-27(18-19-29(43)38)35(50-11)24(5)36(47)40-25(6)34(46)26-16-14-13-15-17-26/h13-17,22-25,27-29,32-35,46H,12,18-21,38H2,1-11H3,(H,39,48)(H,40,47). The predicted octanol–water partition coefficient (Wildman–Crippen LogP) is 2.13. The average Bonchev–Trinajstić information content (AvgIpc) is 3.46. The number of ether oxygens (including phenoxy) is 2. The SMILES string of the molecule is CCC(C)C(C(CC(=O)N1C(N)CCC1C(OC)C(C)C(=O)NC(C)C(O)c1ccccc1)OC)N(C)C(=O)CNC(=O)C(C(C)C)N(C)C. The summed E-state index contributed by atoms with van der Waals surface area (Å²) in [5, 5.41) is 16.5. The molecule has 1 heterocycles. The summed E-state index contributed by atoms with van der Waals surface area (Å²) in [6.45, 7) is 11.2. The van der Waals surface area contributed by atoms with Gasteiger partial charge >= 0.3 is 0 Å². The third kappa shape index (κ3) is 10.9. The zero-order chi connectivity index (χ0) is 37.9. The Morgan fingerprint density at radius 1 is 0.980 bits per heavy atom. The van der Waals surface area contributed by atoms with Crippen molar-refractivity contribution in [2.75, 3.05) is 41.9 Å². The molecule has 4 amide bonds. The molecule has 1 aliphatic rings. The maximum absolute atomic E-state index is 14.1. The van der Waals surface area contributed by atoms with E-state index < -0.39 is 48.5 Å². The summed E-state index contributed by atoms with van der Waals surface area (Å²) >= 11 is 0. The molecular formula is C37H64N6O7. The number of benzene rings is 1. The third-order valence-corrected chi connectivity index (χ3v) is 10.3. The topological polar surface area (TPSA) is 167 Å². The predicted molar refractivity (Wildman–Crippen MR) is 194 cm³/mol. The first kappa shape index (κ1) is 43.1. The van der Waals surface area contributed by atoms with Gasteiger partial charge < -0.3 is 40.7 Å². The molecule has 0 saturated carbocycles. The van der Waals surface area contributed by atoms with E-state index in [0.717, 1.165) is 6.42 Å². The lowest BCUT2D eigenvalue weighted by atomic mass is 9.90. The van der Waals surface area contributed by atoms with Crippen LogP contribution < -0.4 is 16.4 Å². The molecule has 1 aromatic rings. The van der Waals surface area contributed by atoms with Crippen LogP contribution in [0.25, 0.3) is 0 Å². The summed E-state index contributed by atoms with van der Waals surface area (Å²) in [7, 11) is 8.37. The number of carbonyl (C=O) groups is 4. The van der Waals surface area contributed by atoms with E-state index in [0.29, 0.717) is 18.4 Å². The van der Waals surface area contributed by atoms with Crippen molar-refractivity contribution >= 4 is 23.6 Å². The average molecular weight is 705 g/mol. The molecule has 1 aliphatic heterocycles. The number of likely N-dealkylation sites (N-methyl/N-ethyl adjacent to an activating group) is 2. The second-order valence-corrected chi connectivity index (χ2v) is 14.4. The van der Waals surface area contributed by atoms with Crippen LogP contribution in [0.2, 0.25) is 0 Å². The first-order valence-corrected chi connectivity index (χ1v) is 17.9. The van der Waals surface area contributed by atoms with E-state index in [-0.39, 0.29) is 54.5 Å². The van der Waals surface area contributed by atoms with E-state index in [1.807, 2.05) is 64.9 Å². The minimum absolute atomic E-state index is 0.0331. The smallest absolute Gasteiger partial charge is 0.242 e. The highest BCUT2D eigenvalue weighted by Crippen LogP contribution is 2.31. The Labute approximate surface area is 299 Å². The van der Waals surface area contributed by atoms with Crippen LogP contribution >= 0.6 is 0 Å². The van der Waals surface area contributed by atoms with E-state index in [9.17, 15) is 24.3 Å². The van der Waals surface area contributed by atoms with Crippen molar-refractivity contribution in [3.05, 3.63) is 35.9 Å². The van der Waals surface area contributed by atoms with Gasteiger partial charge in [0.25, 0.3) is 0 Å². The van der Waals surface area contributed by atoms with Crippen molar-refractivity contribution in [2.24, 2.45) is 23.5 Å². The highest BCUT2D eigenvalue weighted by molar-refractivity contribution is 5.87. The lowest BCUT2D eigenvalue weighted by molar-refractivity contribution is -0.147. The van der Waals surface area contributed by atoms with Crippen LogP contribution in [0, 0.1) is 17.8 Å². The van der Waals surface area contributed by atoms with Gasteiger partial charge in [0.05, 0.1) is 67.5 Å². The minimum Gasteiger partial charge on any atom is -0.386 e. The molecule has 50 heavy (non-hydrogen) atoms. The number of amides is 4. The van der Waals surface area contributed by atoms with Crippen LogP contribution in [0.3, 0.4) is 0 Å². The van der Waals surface area contributed by atoms with Gasteiger partial charge in [0.1, 0.15) is 0 Å². The number of rotatable bonds is 19. The van der Waals surface area contributed by atoms with Gasteiger partial charge in [-0.1, -0.05) is 71.4 Å². The number of nitrogens with two attached hydrogens (primary N) is 1. The van der Waals surface area contributed by atoms with Crippen molar-refractivity contribution in [2.45, 2.75) is 116 Å². The first-order chi connectivity index (χ1) is 23.5. The Kier molecular flexibility index (Phi) is 17.3. The molecular weight excluding hydrogens is 640 g/mol. The van der Waals surface area contributed by atoms with Gasteiger partial charge in [-0.15, -0.1) is 0 Å². The first-order valence-electron chi connectivity index (χ1n) is 17.9. The molecule has 284 valence electrons. The normalized spacial score (nSPS) is 21.1. The number of nitrogens with one attached hydrogen (secondary N) is 2. The van der Waals surface area contributed by atoms with E-state index in [1.165, 1.54) is 14.2 Å². The highest BCUT2D eigenvalue weighted by Gasteiger charge is 2.45. The van der Waals surface area contributed by atoms with Crippen LogP contribution in [0.15, 0.2) is 30.3 Å². The molecule has 1 fully saturated rings. The summed E-state index contributed by atoms with van der Waals surface area (Å²) in [6, 6.07) is 7.24. The third-order valence-electron chi connectivity index (χ3n) is 10.3. The molecule has 0 bridgehead atoms. The molecule has 1 aromatic carbocycles. The van der Waals surface area contributed by atoms with E-state index >= 15 is 0 Å². The van der Waals surface area contributed by atoms with Crippen LogP contribution in [0.5, 0.6) is 0 Å². The van der Waals surface area contributed by atoms with Crippen LogP contribution in [-0.2, 0) is 28.7 Å². The number of aliphatic hydroxyl groups excluding tert-OH is 1. The molecule has 2 rings (SSSR count). The fourth-order valence-corrected chi connectivity index (χ4v) is 7.33. The van der Waals surface area contributed by atoms with Gasteiger partial charge in [0.15, 0.2) is 0 Å². The number of methoxy groups -OCH3 is 2. The van der Waals surface area contributed by atoms with Gasteiger partial charge in [-0.2, -0.15) is 0 Å². The largest absolute Gasteiger partial charge is 0.386 e. The Balaban J connectivity index is 2.20. The van der Waals surface area contributed by atoms with Crippen molar-refractivity contribution < 1.29 is 33.8 Å². The van der Waals surface area contributed by atoms with Gasteiger partial charge in [-0.05, 0) is 51.3 Å². The number of hydrogen-bond donors (Lipinski definition) is 4. The molecule has 0 aliphatic carbocycles. The molecule has 13 nitrogen and oxygen atoms in total. The monoisotopic (exact) mass is 704 g/mol. The Bertz CT molecular complexity index is 1230. The molecule has 0 aromatic heterocycles. The number of aliphatic hydroxyl groups is 1. The second kappa shape index (κ2) is 20.1. The van der Waals surface area contributed by atoms with Crippen LogP contribution in [0.1, 0.15) is 78.9 Å². The molecule has 5 N–H and O–H groups in total. The Hall–Kier alpha value is -3.10. The van der Waals surface area contributed by atoms with Crippen molar-refractivity contribution in [1.82, 2.24) is 25.3 Å². The van der Waals surface area contributed by atoms with E-state index in [2.05, 4.69) is 10.6 Å². The van der Waals surface area contributed by atoms with Gasteiger partial charge in [0.2, 0.25) is 23.6 Å². The number of likely N-dealkylation sites (tertiary alicyclic amines) is 1. The number of hydrogen-bond acceptors (Lipinski definition) is 9. The summed E-state index contributed by atoms with van der Waals surface area (Å²) in [5.74, 6) is -1.73. The highest BCUT2D eigenvalue weighted by atomic mass is 16.5. The van der Waals surface area contributed by atoms with E-state index in [1.54, 1.807) is 42.8 Å². The Morgan fingerprint density at radius 3 is 2.12 bits per heavy atom. The molecule has 0 spiro atoms. The summed E-state index contributed by atoms with van der Waals surface area (Å²) in [5.41, 5.74) is 7.21. The summed E-state index contributed by atoms with van der Waals surface area (Å²) in [4.78, 5) is 58.9.